The number of hydrogen-bond acceptors (Lipinski definition) is 2. The first-order valence-corrected chi connectivity index (χ1v) is 5.71. The highest BCUT2D eigenvalue weighted by Gasteiger charge is 2.27. The highest BCUT2D eigenvalue weighted by Crippen LogP contribution is 2.25. The summed E-state index contributed by atoms with van der Waals surface area (Å²) in [7, 11) is 0. The molecule has 1 aliphatic rings. The number of nitrogens with one attached hydrogen (secondary N) is 1. The van der Waals surface area contributed by atoms with Crippen LogP contribution in [0.25, 0.3) is 0 Å². The van der Waals surface area contributed by atoms with Crippen LogP contribution in [0, 0.1) is 0 Å². The molecule has 2 heterocycles. The molecule has 1 aromatic rings. The summed E-state index contributed by atoms with van der Waals surface area (Å²) in [5.74, 6) is -1.86. The lowest BCUT2D eigenvalue weighted by Crippen LogP contribution is -2.20. The van der Waals surface area contributed by atoms with E-state index in [-0.39, 0.29) is 12.8 Å². The molecule has 2 rings (SSSR count). The number of alkyl halides is 2. The molecule has 0 saturated heterocycles. The van der Waals surface area contributed by atoms with Crippen LogP contribution in [0.4, 0.5) is 14.6 Å². The molecule has 0 amide bonds. The summed E-state index contributed by atoms with van der Waals surface area (Å²) in [5, 5.41) is 3.15. The van der Waals surface area contributed by atoms with E-state index in [0.29, 0.717) is 5.69 Å². The van der Waals surface area contributed by atoms with Gasteiger partial charge in [0.15, 0.2) is 0 Å². The largest absolute Gasteiger partial charge is 0.370 e. The van der Waals surface area contributed by atoms with E-state index in [4.69, 9.17) is 0 Å². The number of rotatable bonds is 3. The van der Waals surface area contributed by atoms with Crippen LogP contribution >= 0.6 is 0 Å². The summed E-state index contributed by atoms with van der Waals surface area (Å²) in [6.07, 6.45) is 1.66. The first-order chi connectivity index (χ1) is 7.61. The molecule has 2 nitrogen and oxygen atoms in total. The van der Waals surface area contributed by atoms with Gasteiger partial charge >= 0.3 is 0 Å². The maximum absolute atomic E-state index is 13.2. The first-order valence-electron chi connectivity index (χ1n) is 5.71. The summed E-state index contributed by atoms with van der Waals surface area (Å²) >= 11 is 0. The third kappa shape index (κ3) is 2.49. The standard InChI is InChI=1S/C12H16F2N2/c1-2-12(13,14)8-10-6-5-9-4-3-7-15-11(9)16-10/h5-6H,2-4,7-8H2,1H3,(H,15,16). The van der Waals surface area contributed by atoms with Crippen LogP contribution < -0.4 is 5.32 Å². The van der Waals surface area contributed by atoms with E-state index < -0.39 is 5.92 Å². The van der Waals surface area contributed by atoms with Gasteiger partial charge in [0.1, 0.15) is 5.82 Å². The second-order valence-electron chi connectivity index (χ2n) is 4.23. The van der Waals surface area contributed by atoms with Crippen molar-refractivity contribution >= 4 is 5.82 Å². The average molecular weight is 226 g/mol. The van der Waals surface area contributed by atoms with Crippen LogP contribution in [0.2, 0.25) is 0 Å². The number of hydrogen-bond donors (Lipinski definition) is 1. The van der Waals surface area contributed by atoms with Crippen molar-refractivity contribution in [2.24, 2.45) is 0 Å². The van der Waals surface area contributed by atoms with Crippen LogP contribution in [-0.2, 0) is 12.8 Å². The van der Waals surface area contributed by atoms with Crippen molar-refractivity contribution in [3.8, 4) is 0 Å². The molecular weight excluding hydrogens is 210 g/mol. The van der Waals surface area contributed by atoms with Gasteiger partial charge in [0.2, 0.25) is 0 Å². The van der Waals surface area contributed by atoms with Crippen LogP contribution in [0.1, 0.15) is 31.0 Å². The Balaban J connectivity index is 2.17. The fraction of sp³-hybridized carbons (Fsp3) is 0.583. The van der Waals surface area contributed by atoms with Crippen LogP contribution in [0.5, 0.6) is 0 Å². The van der Waals surface area contributed by atoms with E-state index >= 15 is 0 Å². The first kappa shape index (κ1) is 11.3. The predicted octanol–water partition coefficient (Wildman–Crippen LogP) is 3.03. The quantitative estimate of drug-likeness (QED) is 0.856. The van der Waals surface area contributed by atoms with Gasteiger partial charge in [-0.05, 0) is 24.5 Å². The Kier molecular flexibility index (Phi) is 3.08. The van der Waals surface area contributed by atoms with E-state index in [1.807, 2.05) is 6.07 Å². The molecule has 1 aliphatic heterocycles. The van der Waals surface area contributed by atoms with E-state index in [1.165, 1.54) is 6.92 Å². The summed E-state index contributed by atoms with van der Waals surface area (Å²) in [6.45, 7) is 2.38. The van der Waals surface area contributed by atoms with Crippen molar-refractivity contribution in [1.29, 1.82) is 0 Å². The van der Waals surface area contributed by atoms with Gasteiger partial charge in [-0.25, -0.2) is 13.8 Å². The SMILES string of the molecule is CCC(F)(F)Cc1ccc2c(n1)NCCC2. The summed E-state index contributed by atoms with van der Waals surface area (Å²) in [6, 6.07) is 3.63. The third-order valence-corrected chi connectivity index (χ3v) is 2.91. The highest BCUT2D eigenvalue weighted by molar-refractivity contribution is 5.47. The van der Waals surface area contributed by atoms with Gasteiger partial charge in [0, 0.05) is 18.7 Å². The van der Waals surface area contributed by atoms with Crippen molar-refractivity contribution in [2.75, 3.05) is 11.9 Å². The van der Waals surface area contributed by atoms with Crippen molar-refractivity contribution in [1.82, 2.24) is 4.98 Å². The fourth-order valence-corrected chi connectivity index (χ4v) is 1.86. The van der Waals surface area contributed by atoms with Gasteiger partial charge in [0.05, 0.1) is 6.42 Å². The Morgan fingerprint density at radius 1 is 1.44 bits per heavy atom. The second-order valence-corrected chi connectivity index (χ2v) is 4.23. The molecule has 4 heteroatoms. The number of aromatic nitrogens is 1. The lowest BCUT2D eigenvalue weighted by molar-refractivity contribution is -0.00307. The fourth-order valence-electron chi connectivity index (χ4n) is 1.86. The predicted molar refractivity (Wildman–Crippen MR) is 60.0 cm³/mol. The van der Waals surface area contributed by atoms with Gasteiger partial charge in [-0.1, -0.05) is 13.0 Å². The molecule has 0 spiro atoms. The highest BCUT2D eigenvalue weighted by atomic mass is 19.3. The summed E-state index contributed by atoms with van der Waals surface area (Å²) in [4.78, 5) is 4.26. The Bertz CT molecular complexity index is 377. The second kappa shape index (κ2) is 4.36. The van der Waals surface area contributed by atoms with Crippen molar-refractivity contribution in [3.63, 3.8) is 0 Å². The molecule has 0 aromatic carbocycles. The molecule has 0 atom stereocenters. The van der Waals surface area contributed by atoms with Crippen LogP contribution in [0.15, 0.2) is 12.1 Å². The molecule has 0 radical (unpaired) electrons. The molecule has 0 saturated carbocycles. The minimum Gasteiger partial charge on any atom is -0.370 e. The van der Waals surface area contributed by atoms with Crippen molar-refractivity contribution in [2.45, 2.75) is 38.5 Å². The third-order valence-electron chi connectivity index (χ3n) is 2.91. The van der Waals surface area contributed by atoms with Gasteiger partial charge in [0.25, 0.3) is 5.92 Å². The Labute approximate surface area is 94.1 Å². The molecular formula is C12H16F2N2. The van der Waals surface area contributed by atoms with Crippen molar-refractivity contribution < 1.29 is 8.78 Å². The molecule has 0 bridgehead atoms. The number of halogens is 2. The van der Waals surface area contributed by atoms with E-state index in [1.54, 1.807) is 6.07 Å². The van der Waals surface area contributed by atoms with Gasteiger partial charge in [-0.15, -0.1) is 0 Å². The summed E-state index contributed by atoms with van der Waals surface area (Å²) in [5.41, 5.74) is 1.61. The van der Waals surface area contributed by atoms with E-state index in [9.17, 15) is 8.78 Å². The normalized spacial score (nSPS) is 15.4. The lowest BCUT2D eigenvalue weighted by atomic mass is 10.0. The maximum atomic E-state index is 13.2. The zero-order valence-electron chi connectivity index (χ0n) is 9.39. The monoisotopic (exact) mass is 226 g/mol. The number of nitrogens with zero attached hydrogens (tertiary/aromatic N) is 1. The number of fused-ring (bicyclic) bond motifs is 1. The minimum atomic E-state index is -2.64. The molecule has 0 fully saturated rings. The van der Waals surface area contributed by atoms with E-state index in [2.05, 4.69) is 10.3 Å². The molecule has 1 aromatic heterocycles. The van der Waals surface area contributed by atoms with Gasteiger partial charge in [-0.2, -0.15) is 0 Å². The topological polar surface area (TPSA) is 24.9 Å². The zero-order chi connectivity index (χ0) is 11.6. The van der Waals surface area contributed by atoms with Gasteiger partial charge < -0.3 is 5.32 Å². The minimum absolute atomic E-state index is 0.140. The number of anilines is 1. The van der Waals surface area contributed by atoms with Crippen LogP contribution in [-0.4, -0.2) is 17.5 Å². The average Bonchev–Trinajstić information content (AvgIpc) is 2.28. The van der Waals surface area contributed by atoms with E-state index in [0.717, 1.165) is 30.8 Å². The smallest absolute Gasteiger partial charge is 0.253 e. The zero-order valence-corrected chi connectivity index (χ0v) is 9.39. The Morgan fingerprint density at radius 3 is 3.00 bits per heavy atom. The van der Waals surface area contributed by atoms with Crippen molar-refractivity contribution in [3.05, 3.63) is 23.4 Å². The van der Waals surface area contributed by atoms with Crippen LogP contribution in [0.3, 0.4) is 0 Å². The Hall–Kier alpha value is -1.19. The van der Waals surface area contributed by atoms with Gasteiger partial charge in [-0.3, -0.25) is 0 Å². The Morgan fingerprint density at radius 2 is 2.25 bits per heavy atom. The number of aryl methyl sites for hydroxylation is 1. The number of pyridine rings is 1. The molecule has 16 heavy (non-hydrogen) atoms. The molecule has 0 aliphatic carbocycles. The summed E-state index contributed by atoms with van der Waals surface area (Å²) < 4.78 is 26.4. The molecule has 0 unspecified atom stereocenters. The lowest BCUT2D eigenvalue weighted by Gasteiger charge is -2.19. The molecule has 1 N–H and O–H groups in total. The maximum Gasteiger partial charge on any atom is 0.253 e. The molecule has 88 valence electrons.